The van der Waals surface area contributed by atoms with Crippen LogP contribution in [0.15, 0.2) is 29.2 Å². The molecule has 0 saturated carbocycles. The van der Waals surface area contributed by atoms with Crippen LogP contribution in [0.4, 0.5) is 5.69 Å². The zero-order chi connectivity index (χ0) is 17.0. The molecule has 1 N–H and O–H groups in total. The Kier molecular flexibility index (Phi) is 5.72. The Balaban J connectivity index is 1.99. The molecular formula is C15H23N3O4S. The Morgan fingerprint density at radius 2 is 1.91 bits per heavy atom. The fourth-order valence-corrected chi connectivity index (χ4v) is 4.10. The van der Waals surface area contributed by atoms with Crippen molar-refractivity contribution < 1.29 is 13.3 Å². The standard InChI is InChI=1S/C15H23N3O4S/c1-12(2)17-9-7-13(8-10-17)11-16-23(21,22)15-6-4-3-5-14(15)18(19)20/h3-6,12-13,16H,7-11H2,1-2H3. The monoisotopic (exact) mass is 341 g/mol. The smallest absolute Gasteiger partial charge is 0.289 e. The normalized spacial score (nSPS) is 17.5. The molecule has 1 aromatic carbocycles. The Labute approximate surface area is 136 Å². The van der Waals surface area contributed by atoms with E-state index in [9.17, 15) is 18.5 Å². The summed E-state index contributed by atoms with van der Waals surface area (Å²) >= 11 is 0. The zero-order valence-electron chi connectivity index (χ0n) is 13.4. The van der Waals surface area contributed by atoms with Crippen molar-refractivity contribution in [3.05, 3.63) is 34.4 Å². The summed E-state index contributed by atoms with van der Waals surface area (Å²) in [6.07, 6.45) is 1.86. The number of piperidine rings is 1. The van der Waals surface area contributed by atoms with E-state index in [1.807, 2.05) is 0 Å². The first kappa shape index (κ1) is 17.8. The van der Waals surface area contributed by atoms with Crippen molar-refractivity contribution in [1.29, 1.82) is 0 Å². The summed E-state index contributed by atoms with van der Waals surface area (Å²) in [6.45, 7) is 6.53. The van der Waals surface area contributed by atoms with Crippen LogP contribution in [-0.2, 0) is 10.0 Å². The van der Waals surface area contributed by atoms with Gasteiger partial charge in [-0.15, -0.1) is 0 Å². The first-order chi connectivity index (χ1) is 10.8. The van der Waals surface area contributed by atoms with Crippen molar-refractivity contribution in [2.45, 2.75) is 37.6 Å². The number of nitrogens with zero attached hydrogens (tertiary/aromatic N) is 2. The second-order valence-electron chi connectivity index (χ2n) is 6.15. The van der Waals surface area contributed by atoms with Gasteiger partial charge >= 0.3 is 0 Å². The summed E-state index contributed by atoms with van der Waals surface area (Å²) in [7, 11) is -3.87. The summed E-state index contributed by atoms with van der Waals surface area (Å²) in [5, 5.41) is 11.0. The van der Waals surface area contributed by atoms with Crippen LogP contribution in [-0.4, -0.2) is 43.9 Å². The lowest BCUT2D eigenvalue weighted by atomic mass is 9.96. The van der Waals surface area contributed by atoms with Crippen LogP contribution >= 0.6 is 0 Å². The van der Waals surface area contributed by atoms with Crippen LogP contribution in [0.5, 0.6) is 0 Å². The number of sulfonamides is 1. The summed E-state index contributed by atoms with van der Waals surface area (Å²) in [5.41, 5.74) is -0.394. The summed E-state index contributed by atoms with van der Waals surface area (Å²) < 4.78 is 27.2. The number of hydrogen-bond acceptors (Lipinski definition) is 5. The molecule has 1 aliphatic rings. The zero-order valence-corrected chi connectivity index (χ0v) is 14.3. The predicted molar refractivity (Wildman–Crippen MR) is 87.7 cm³/mol. The van der Waals surface area contributed by atoms with E-state index in [-0.39, 0.29) is 10.8 Å². The molecular weight excluding hydrogens is 318 g/mol. The Bertz CT molecular complexity index is 652. The molecule has 0 radical (unpaired) electrons. The van der Waals surface area contributed by atoms with Gasteiger partial charge in [0.15, 0.2) is 4.90 Å². The van der Waals surface area contributed by atoms with Gasteiger partial charge in [0.05, 0.1) is 4.92 Å². The van der Waals surface area contributed by atoms with E-state index in [0.29, 0.717) is 12.6 Å². The van der Waals surface area contributed by atoms with Gasteiger partial charge in [-0.1, -0.05) is 12.1 Å². The molecule has 0 aliphatic carbocycles. The predicted octanol–water partition coefficient (Wildman–Crippen LogP) is 1.99. The first-order valence-electron chi connectivity index (χ1n) is 7.78. The number of para-hydroxylation sites is 1. The molecule has 128 valence electrons. The van der Waals surface area contributed by atoms with Gasteiger partial charge in [0.1, 0.15) is 0 Å². The van der Waals surface area contributed by atoms with Crippen LogP contribution in [0.2, 0.25) is 0 Å². The fourth-order valence-electron chi connectivity index (χ4n) is 2.81. The number of nitro groups is 1. The van der Waals surface area contributed by atoms with E-state index in [1.165, 1.54) is 24.3 Å². The molecule has 0 aromatic heterocycles. The number of nitro benzene ring substituents is 1. The van der Waals surface area contributed by atoms with Gasteiger partial charge in [0, 0.05) is 18.7 Å². The maximum absolute atomic E-state index is 12.3. The van der Waals surface area contributed by atoms with E-state index >= 15 is 0 Å². The number of benzene rings is 1. The lowest BCUT2D eigenvalue weighted by Crippen LogP contribution is -2.41. The van der Waals surface area contributed by atoms with Crippen LogP contribution in [0.1, 0.15) is 26.7 Å². The molecule has 8 heteroatoms. The third-order valence-corrected chi connectivity index (χ3v) is 5.76. The average molecular weight is 341 g/mol. The van der Waals surface area contributed by atoms with Crippen molar-refractivity contribution in [2.75, 3.05) is 19.6 Å². The topological polar surface area (TPSA) is 92.6 Å². The number of likely N-dealkylation sites (tertiary alicyclic amines) is 1. The van der Waals surface area contributed by atoms with Crippen LogP contribution in [0, 0.1) is 16.0 Å². The van der Waals surface area contributed by atoms with Gasteiger partial charge in [0.25, 0.3) is 5.69 Å². The molecule has 0 unspecified atom stereocenters. The highest BCUT2D eigenvalue weighted by Gasteiger charge is 2.27. The molecule has 1 fully saturated rings. The van der Waals surface area contributed by atoms with E-state index in [1.54, 1.807) is 0 Å². The van der Waals surface area contributed by atoms with Crippen LogP contribution in [0.25, 0.3) is 0 Å². The van der Waals surface area contributed by atoms with Gasteiger partial charge in [-0.05, 0) is 51.8 Å². The molecule has 23 heavy (non-hydrogen) atoms. The van der Waals surface area contributed by atoms with Crippen LogP contribution in [0.3, 0.4) is 0 Å². The number of hydrogen-bond donors (Lipinski definition) is 1. The van der Waals surface area contributed by atoms with Crippen molar-refractivity contribution in [3.8, 4) is 0 Å². The van der Waals surface area contributed by atoms with E-state index in [4.69, 9.17) is 0 Å². The number of nitrogens with one attached hydrogen (secondary N) is 1. The first-order valence-corrected chi connectivity index (χ1v) is 9.26. The molecule has 1 heterocycles. The Hall–Kier alpha value is -1.51. The lowest BCUT2D eigenvalue weighted by molar-refractivity contribution is -0.387. The summed E-state index contributed by atoms with van der Waals surface area (Å²) in [5.74, 6) is 0.266. The van der Waals surface area contributed by atoms with E-state index < -0.39 is 20.6 Å². The molecule has 0 spiro atoms. The van der Waals surface area contributed by atoms with Gasteiger partial charge < -0.3 is 4.90 Å². The third kappa shape index (κ3) is 4.49. The second kappa shape index (κ2) is 7.37. The molecule has 2 rings (SSSR count). The molecule has 1 aromatic rings. The van der Waals surface area contributed by atoms with Crippen LogP contribution < -0.4 is 4.72 Å². The fraction of sp³-hybridized carbons (Fsp3) is 0.600. The Morgan fingerprint density at radius 3 is 2.48 bits per heavy atom. The molecule has 1 saturated heterocycles. The largest absolute Gasteiger partial charge is 0.301 e. The minimum absolute atomic E-state index is 0.266. The lowest BCUT2D eigenvalue weighted by Gasteiger charge is -2.34. The summed E-state index contributed by atoms with van der Waals surface area (Å²) in [6, 6.07) is 5.92. The van der Waals surface area contributed by atoms with E-state index in [2.05, 4.69) is 23.5 Å². The van der Waals surface area contributed by atoms with Crippen molar-refractivity contribution in [2.24, 2.45) is 5.92 Å². The Morgan fingerprint density at radius 1 is 1.30 bits per heavy atom. The highest BCUT2D eigenvalue weighted by molar-refractivity contribution is 7.89. The number of rotatable bonds is 6. The van der Waals surface area contributed by atoms with Crippen molar-refractivity contribution in [1.82, 2.24) is 9.62 Å². The SMILES string of the molecule is CC(C)N1CCC(CNS(=O)(=O)c2ccccc2[N+](=O)[O-])CC1. The quantitative estimate of drug-likeness (QED) is 0.631. The molecule has 0 amide bonds. The van der Waals surface area contributed by atoms with Gasteiger partial charge in [-0.2, -0.15) is 0 Å². The molecule has 0 atom stereocenters. The summed E-state index contributed by atoms with van der Waals surface area (Å²) in [4.78, 5) is 12.4. The third-order valence-electron chi connectivity index (χ3n) is 4.29. The van der Waals surface area contributed by atoms with Crippen molar-refractivity contribution >= 4 is 15.7 Å². The van der Waals surface area contributed by atoms with Gasteiger partial charge in [0.2, 0.25) is 10.0 Å². The maximum atomic E-state index is 12.3. The molecule has 1 aliphatic heterocycles. The maximum Gasteiger partial charge on any atom is 0.289 e. The second-order valence-corrected chi connectivity index (χ2v) is 7.89. The highest BCUT2D eigenvalue weighted by atomic mass is 32.2. The van der Waals surface area contributed by atoms with Gasteiger partial charge in [-0.25, -0.2) is 13.1 Å². The van der Waals surface area contributed by atoms with Gasteiger partial charge in [-0.3, -0.25) is 10.1 Å². The molecule has 7 nitrogen and oxygen atoms in total. The van der Waals surface area contributed by atoms with E-state index in [0.717, 1.165) is 25.9 Å². The average Bonchev–Trinajstić information content (AvgIpc) is 2.53. The minimum Gasteiger partial charge on any atom is -0.301 e. The van der Waals surface area contributed by atoms with Crippen molar-refractivity contribution in [3.63, 3.8) is 0 Å². The minimum atomic E-state index is -3.87. The molecule has 0 bridgehead atoms. The highest BCUT2D eigenvalue weighted by Crippen LogP contribution is 2.24.